The van der Waals surface area contributed by atoms with Crippen molar-refractivity contribution in [1.29, 1.82) is 0 Å². The normalized spacial score (nSPS) is 7.50. The molecule has 0 rings (SSSR count). The van der Waals surface area contributed by atoms with Crippen molar-refractivity contribution < 1.29 is 14.7 Å². The first-order valence-electron chi connectivity index (χ1n) is 3.25. The molecule has 0 saturated heterocycles. The van der Waals surface area contributed by atoms with E-state index >= 15 is 0 Å². The minimum Gasteiger partial charge on any atom is -0.481 e. The Bertz CT molecular complexity index is 97.4. The van der Waals surface area contributed by atoms with Gasteiger partial charge >= 0.3 is 0 Å². The molecule has 0 heterocycles. The van der Waals surface area contributed by atoms with Gasteiger partial charge in [0.2, 0.25) is 0 Å². The van der Waals surface area contributed by atoms with Gasteiger partial charge < -0.3 is 5.11 Å². The Morgan fingerprint density at radius 1 is 1.20 bits per heavy atom. The molecule has 3 heteroatoms. The van der Waals surface area contributed by atoms with Gasteiger partial charge in [0, 0.05) is 19.8 Å². The van der Waals surface area contributed by atoms with Gasteiger partial charge in [0.1, 0.15) is 5.78 Å². The highest BCUT2D eigenvalue weighted by Gasteiger charge is 1.86. The van der Waals surface area contributed by atoms with Crippen molar-refractivity contribution in [2.45, 2.75) is 33.6 Å². The molecule has 10 heavy (non-hydrogen) atoms. The van der Waals surface area contributed by atoms with Gasteiger partial charge in [-0.3, -0.25) is 9.59 Å². The molecule has 0 aliphatic rings. The monoisotopic (exact) mass is 146 g/mol. The number of hydrogen-bond donors (Lipinski definition) is 1. The first-order chi connectivity index (χ1) is 4.54. The number of Topliss-reactive ketones (excluding diaryl/α,β-unsaturated/α-hetero) is 1. The molecule has 0 amide bonds. The molecular weight excluding hydrogens is 132 g/mol. The van der Waals surface area contributed by atoms with Gasteiger partial charge in [-0.25, -0.2) is 0 Å². The summed E-state index contributed by atoms with van der Waals surface area (Å²) in [6, 6.07) is 0. The van der Waals surface area contributed by atoms with Crippen LogP contribution in [-0.2, 0) is 9.59 Å². The molecular formula is C7H14O3. The van der Waals surface area contributed by atoms with Crippen LogP contribution in [-0.4, -0.2) is 16.9 Å². The number of ketones is 1. The molecule has 0 fully saturated rings. The van der Waals surface area contributed by atoms with E-state index in [1.165, 1.54) is 0 Å². The SMILES string of the molecule is CC(=O)O.CCC(=O)CC. The molecule has 0 saturated carbocycles. The lowest BCUT2D eigenvalue weighted by Crippen LogP contribution is -1.88. The van der Waals surface area contributed by atoms with Crippen molar-refractivity contribution >= 4 is 11.8 Å². The fourth-order valence-corrected chi connectivity index (χ4v) is 0.250. The average molecular weight is 146 g/mol. The first-order valence-corrected chi connectivity index (χ1v) is 3.25. The third-order valence-corrected chi connectivity index (χ3v) is 0.789. The van der Waals surface area contributed by atoms with E-state index in [9.17, 15) is 4.79 Å². The molecule has 0 unspecified atom stereocenters. The Labute approximate surface area is 61.1 Å². The summed E-state index contributed by atoms with van der Waals surface area (Å²) in [4.78, 5) is 19.2. The molecule has 0 bridgehead atoms. The first kappa shape index (κ1) is 11.9. The summed E-state index contributed by atoms with van der Waals surface area (Å²) >= 11 is 0. The van der Waals surface area contributed by atoms with Crippen LogP contribution in [0.4, 0.5) is 0 Å². The van der Waals surface area contributed by atoms with Crippen LogP contribution in [0.15, 0.2) is 0 Å². The van der Waals surface area contributed by atoms with Gasteiger partial charge in [0.25, 0.3) is 5.97 Å². The highest BCUT2D eigenvalue weighted by atomic mass is 16.4. The van der Waals surface area contributed by atoms with Crippen LogP contribution in [0.5, 0.6) is 0 Å². The highest BCUT2D eigenvalue weighted by Crippen LogP contribution is 1.82. The summed E-state index contributed by atoms with van der Waals surface area (Å²) in [5.74, 6) is -0.491. The molecule has 0 aromatic rings. The zero-order chi connectivity index (χ0) is 8.57. The van der Waals surface area contributed by atoms with Gasteiger partial charge in [-0.15, -0.1) is 0 Å². The van der Waals surface area contributed by atoms with E-state index < -0.39 is 5.97 Å². The summed E-state index contributed by atoms with van der Waals surface area (Å²) in [5.41, 5.74) is 0. The van der Waals surface area contributed by atoms with E-state index in [0.717, 1.165) is 6.92 Å². The predicted molar refractivity (Wildman–Crippen MR) is 38.9 cm³/mol. The Hall–Kier alpha value is -0.860. The van der Waals surface area contributed by atoms with Crippen molar-refractivity contribution in [1.82, 2.24) is 0 Å². The molecule has 0 radical (unpaired) electrons. The lowest BCUT2D eigenvalue weighted by Gasteiger charge is -1.81. The van der Waals surface area contributed by atoms with Crippen LogP contribution in [0.2, 0.25) is 0 Å². The van der Waals surface area contributed by atoms with Crippen molar-refractivity contribution in [2.24, 2.45) is 0 Å². The number of carbonyl (C=O) groups is 2. The number of carboxylic acids is 1. The highest BCUT2D eigenvalue weighted by molar-refractivity contribution is 5.77. The number of hydrogen-bond acceptors (Lipinski definition) is 2. The second-order valence-corrected chi connectivity index (χ2v) is 1.76. The second-order valence-electron chi connectivity index (χ2n) is 1.76. The Balaban J connectivity index is 0. The Morgan fingerprint density at radius 3 is 1.40 bits per heavy atom. The van der Waals surface area contributed by atoms with Crippen LogP contribution in [0, 0.1) is 0 Å². The molecule has 0 aromatic heterocycles. The molecule has 3 nitrogen and oxygen atoms in total. The van der Waals surface area contributed by atoms with Gasteiger partial charge in [-0.2, -0.15) is 0 Å². The van der Waals surface area contributed by atoms with Crippen LogP contribution in [0.1, 0.15) is 33.6 Å². The van der Waals surface area contributed by atoms with Crippen LogP contribution < -0.4 is 0 Å². The van der Waals surface area contributed by atoms with Crippen molar-refractivity contribution in [3.8, 4) is 0 Å². The molecule has 0 aromatic carbocycles. The van der Waals surface area contributed by atoms with Crippen molar-refractivity contribution in [2.75, 3.05) is 0 Å². The van der Waals surface area contributed by atoms with Gasteiger partial charge in [-0.05, 0) is 0 Å². The number of carboxylic acid groups (broad SMARTS) is 1. The maximum atomic E-state index is 10.2. The predicted octanol–water partition coefficient (Wildman–Crippen LogP) is 1.47. The van der Waals surface area contributed by atoms with E-state index in [-0.39, 0.29) is 0 Å². The van der Waals surface area contributed by atoms with Crippen molar-refractivity contribution in [3.63, 3.8) is 0 Å². The second kappa shape index (κ2) is 8.14. The maximum Gasteiger partial charge on any atom is 0.300 e. The quantitative estimate of drug-likeness (QED) is 0.641. The van der Waals surface area contributed by atoms with Gasteiger partial charge in [0.15, 0.2) is 0 Å². The minimum absolute atomic E-state index is 0.343. The summed E-state index contributed by atoms with van der Waals surface area (Å²) in [6.45, 7) is 4.84. The average Bonchev–Trinajstić information content (AvgIpc) is 1.85. The molecule has 1 N–H and O–H groups in total. The van der Waals surface area contributed by atoms with E-state index in [1.54, 1.807) is 0 Å². The molecule has 0 aliphatic carbocycles. The number of carbonyl (C=O) groups excluding carboxylic acids is 1. The molecule has 60 valence electrons. The molecule has 0 spiro atoms. The van der Waals surface area contributed by atoms with Crippen molar-refractivity contribution in [3.05, 3.63) is 0 Å². The standard InChI is InChI=1S/C5H10O.C2H4O2/c1-3-5(6)4-2;1-2(3)4/h3-4H2,1-2H3;1H3,(H,3,4). The van der Waals surface area contributed by atoms with E-state index in [2.05, 4.69) is 0 Å². The summed E-state index contributed by atoms with van der Waals surface area (Å²) in [5, 5.41) is 7.42. The summed E-state index contributed by atoms with van der Waals surface area (Å²) in [6.07, 6.45) is 1.38. The van der Waals surface area contributed by atoms with Crippen LogP contribution in [0.3, 0.4) is 0 Å². The van der Waals surface area contributed by atoms with E-state index in [0.29, 0.717) is 18.6 Å². The maximum absolute atomic E-state index is 10.2. The fraction of sp³-hybridized carbons (Fsp3) is 0.714. The third-order valence-electron chi connectivity index (χ3n) is 0.789. The number of aliphatic carboxylic acids is 1. The Morgan fingerprint density at radius 2 is 1.40 bits per heavy atom. The smallest absolute Gasteiger partial charge is 0.300 e. The topological polar surface area (TPSA) is 54.4 Å². The molecule has 0 atom stereocenters. The fourth-order valence-electron chi connectivity index (χ4n) is 0.250. The summed E-state index contributed by atoms with van der Waals surface area (Å²) in [7, 11) is 0. The van der Waals surface area contributed by atoms with Gasteiger partial charge in [0.05, 0.1) is 0 Å². The zero-order valence-electron chi connectivity index (χ0n) is 6.68. The minimum atomic E-state index is -0.833. The third kappa shape index (κ3) is 27.3. The van der Waals surface area contributed by atoms with Crippen LogP contribution in [0.25, 0.3) is 0 Å². The zero-order valence-corrected chi connectivity index (χ0v) is 6.68. The largest absolute Gasteiger partial charge is 0.481 e. The van der Waals surface area contributed by atoms with E-state index in [1.807, 2.05) is 13.8 Å². The lowest BCUT2D eigenvalue weighted by atomic mass is 10.3. The van der Waals surface area contributed by atoms with E-state index in [4.69, 9.17) is 9.90 Å². The van der Waals surface area contributed by atoms with Gasteiger partial charge in [-0.1, -0.05) is 13.8 Å². The van der Waals surface area contributed by atoms with Crippen LogP contribution >= 0.6 is 0 Å². The Kier molecular flexibility index (Phi) is 9.67. The summed E-state index contributed by atoms with van der Waals surface area (Å²) < 4.78 is 0. The lowest BCUT2D eigenvalue weighted by molar-refractivity contribution is -0.134. The number of rotatable bonds is 2. The molecule has 0 aliphatic heterocycles.